The molecule has 3 aliphatic rings. The fraction of sp³-hybridized carbons (Fsp3) is 0.520. The number of fused-ring (bicyclic) bond motifs is 1. The number of phenols is 2. The maximum Gasteiger partial charge on any atom is 0.334 e. The van der Waals surface area contributed by atoms with E-state index in [9.17, 15) is 45.3 Å². The molecular formula is C25H30O13. The average molecular weight is 539 g/mol. The Labute approximate surface area is 216 Å². The molecule has 0 radical (unpaired) electrons. The van der Waals surface area contributed by atoms with Crippen LogP contribution >= 0.6 is 0 Å². The average Bonchev–Trinajstić information content (AvgIpc) is 3.19. The van der Waals surface area contributed by atoms with E-state index in [0.29, 0.717) is 12.0 Å². The number of carboxylic acids is 1. The van der Waals surface area contributed by atoms with E-state index in [2.05, 4.69) is 0 Å². The molecule has 1 aliphatic carbocycles. The molecule has 13 nitrogen and oxygen atoms in total. The summed E-state index contributed by atoms with van der Waals surface area (Å²) >= 11 is 0. The van der Waals surface area contributed by atoms with Gasteiger partial charge in [0.1, 0.15) is 31.0 Å². The molecule has 1 aromatic rings. The molecule has 7 N–H and O–H groups in total. The van der Waals surface area contributed by atoms with Crippen LogP contribution in [0.15, 0.2) is 36.1 Å². The number of aliphatic hydroxyl groups is 4. The highest BCUT2D eigenvalue weighted by molar-refractivity contribution is 5.87. The Morgan fingerprint density at radius 2 is 1.84 bits per heavy atom. The molecule has 4 rings (SSSR count). The number of aliphatic carboxylic acids is 1. The molecule has 1 aromatic carbocycles. The molecule has 1 saturated heterocycles. The van der Waals surface area contributed by atoms with Crippen LogP contribution in [0.2, 0.25) is 0 Å². The molecule has 208 valence electrons. The molecule has 2 heterocycles. The minimum atomic E-state index is -1.75. The number of carboxylic acid groups (broad SMARTS) is 1. The number of benzene rings is 1. The van der Waals surface area contributed by atoms with E-state index in [4.69, 9.17) is 18.9 Å². The molecule has 0 aromatic heterocycles. The van der Waals surface area contributed by atoms with Gasteiger partial charge in [-0.3, -0.25) is 0 Å². The third kappa shape index (κ3) is 5.62. The van der Waals surface area contributed by atoms with Crippen LogP contribution in [-0.2, 0) is 28.5 Å². The fourth-order valence-corrected chi connectivity index (χ4v) is 5.02. The van der Waals surface area contributed by atoms with Gasteiger partial charge in [0.25, 0.3) is 0 Å². The molecule has 2 fully saturated rings. The number of ether oxygens (including phenoxy) is 4. The zero-order valence-corrected chi connectivity index (χ0v) is 20.3. The minimum absolute atomic E-state index is 0.0199. The molecule has 2 unspecified atom stereocenters. The van der Waals surface area contributed by atoms with Crippen LogP contribution in [0.3, 0.4) is 0 Å². The molecular weight excluding hydrogens is 508 g/mol. The van der Waals surface area contributed by atoms with Gasteiger partial charge in [-0.15, -0.1) is 0 Å². The van der Waals surface area contributed by atoms with Gasteiger partial charge in [0.2, 0.25) is 6.29 Å². The summed E-state index contributed by atoms with van der Waals surface area (Å²) < 4.78 is 21.8. The summed E-state index contributed by atoms with van der Waals surface area (Å²) in [7, 11) is 0. The Hall–Kier alpha value is -3.20. The number of hydrogen-bond acceptors (Lipinski definition) is 12. The molecule has 0 bridgehead atoms. The molecule has 2 aliphatic heterocycles. The van der Waals surface area contributed by atoms with Gasteiger partial charge in [0, 0.05) is 12.0 Å². The van der Waals surface area contributed by atoms with Crippen molar-refractivity contribution in [1.82, 2.24) is 0 Å². The summed E-state index contributed by atoms with van der Waals surface area (Å²) in [6.07, 6.45) is -5.26. The second-order valence-corrected chi connectivity index (χ2v) is 9.77. The quantitative estimate of drug-likeness (QED) is 0.134. The maximum atomic E-state index is 12.1. The van der Waals surface area contributed by atoms with E-state index in [1.54, 1.807) is 0 Å². The van der Waals surface area contributed by atoms with Crippen LogP contribution in [-0.4, -0.2) is 96.9 Å². The van der Waals surface area contributed by atoms with E-state index in [0.717, 1.165) is 12.3 Å². The van der Waals surface area contributed by atoms with Gasteiger partial charge in [0.15, 0.2) is 17.8 Å². The van der Waals surface area contributed by atoms with Gasteiger partial charge in [-0.1, -0.05) is 6.07 Å². The lowest BCUT2D eigenvalue weighted by Crippen LogP contribution is -2.61. The number of esters is 1. The molecule has 13 heteroatoms. The normalized spacial score (nSPS) is 36.8. The van der Waals surface area contributed by atoms with Crippen molar-refractivity contribution in [3.63, 3.8) is 0 Å². The lowest BCUT2D eigenvalue weighted by atomic mass is 9.81. The van der Waals surface area contributed by atoms with Crippen LogP contribution in [0.5, 0.6) is 11.5 Å². The zero-order valence-electron chi connectivity index (χ0n) is 20.3. The third-order valence-electron chi connectivity index (χ3n) is 7.12. The van der Waals surface area contributed by atoms with E-state index < -0.39 is 73.0 Å². The number of phenolic OH excluding ortho intramolecular Hbond substituents is 2. The first-order valence-electron chi connectivity index (χ1n) is 11.9. The van der Waals surface area contributed by atoms with Gasteiger partial charge in [0.05, 0.1) is 23.4 Å². The number of aliphatic hydroxyl groups excluding tert-OH is 3. The van der Waals surface area contributed by atoms with Crippen molar-refractivity contribution in [2.24, 2.45) is 11.8 Å². The highest BCUT2D eigenvalue weighted by Crippen LogP contribution is 2.49. The minimum Gasteiger partial charge on any atom is -0.504 e. The van der Waals surface area contributed by atoms with Crippen molar-refractivity contribution in [2.75, 3.05) is 6.61 Å². The standard InChI is InChI=1S/C25H30O13/c1-25(34)7-6-12-13(22(32)33)9-36-23(18(12)25)38-24-21(31)20(30)19(29)16(37-24)10-35-17(28)5-3-11-2-4-14(26)15(27)8-11/h2-5,8-9,12,16,18-21,23-24,26-27,29-31,34H,6-7,10H2,1H3,(H,32,33)/b5-3+/t12?,16-,18?,19-,20+,21-,23+,24+,25+/m1/s1. The van der Waals surface area contributed by atoms with Crippen LogP contribution < -0.4 is 0 Å². The van der Waals surface area contributed by atoms with Crippen molar-refractivity contribution < 1.29 is 64.3 Å². The number of hydrogen-bond donors (Lipinski definition) is 7. The summed E-state index contributed by atoms with van der Waals surface area (Å²) in [5.74, 6) is -4.15. The predicted octanol–water partition coefficient (Wildman–Crippen LogP) is -0.420. The Morgan fingerprint density at radius 1 is 1.11 bits per heavy atom. The predicted molar refractivity (Wildman–Crippen MR) is 125 cm³/mol. The Balaban J connectivity index is 1.41. The SMILES string of the molecule is C[C@]1(O)CCC2C(C(=O)O)=CO[C@@H](O[C@@H]3O[C@H](COC(=O)/C=C/c4ccc(O)c(O)c4)[C@@H](O)[C@H](O)[C@H]3O)C21. The van der Waals surface area contributed by atoms with E-state index in [1.807, 2.05) is 0 Å². The van der Waals surface area contributed by atoms with Gasteiger partial charge in [-0.2, -0.15) is 0 Å². The lowest BCUT2D eigenvalue weighted by molar-refractivity contribution is -0.346. The van der Waals surface area contributed by atoms with E-state index >= 15 is 0 Å². The molecule has 0 amide bonds. The van der Waals surface area contributed by atoms with Crippen molar-refractivity contribution >= 4 is 18.0 Å². The summed E-state index contributed by atoms with van der Waals surface area (Å²) in [4.78, 5) is 23.7. The Kier molecular flexibility index (Phi) is 7.97. The number of rotatable bonds is 7. The second-order valence-electron chi connectivity index (χ2n) is 9.77. The van der Waals surface area contributed by atoms with E-state index in [-0.39, 0.29) is 23.5 Å². The van der Waals surface area contributed by atoms with Gasteiger partial charge < -0.3 is 54.7 Å². The van der Waals surface area contributed by atoms with Crippen molar-refractivity contribution in [3.8, 4) is 11.5 Å². The summed E-state index contributed by atoms with van der Waals surface area (Å²) in [5, 5.41) is 70.3. The van der Waals surface area contributed by atoms with Crippen molar-refractivity contribution in [3.05, 3.63) is 41.7 Å². The lowest BCUT2D eigenvalue weighted by Gasteiger charge is -2.44. The highest BCUT2D eigenvalue weighted by atomic mass is 16.8. The van der Waals surface area contributed by atoms with Gasteiger partial charge >= 0.3 is 11.9 Å². The monoisotopic (exact) mass is 538 g/mol. The first-order chi connectivity index (χ1) is 17.9. The Bertz CT molecular complexity index is 1110. The van der Waals surface area contributed by atoms with Crippen LogP contribution in [0.4, 0.5) is 0 Å². The van der Waals surface area contributed by atoms with Crippen molar-refractivity contribution in [1.29, 1.82) is 0 Å². The molecule has 38 heavy (non-hydrogen) atoms. The van der Waals surface area contributed by atoms with Crippen molar-refractivity contribution in [2.45, 2.75) is 62.4 Å². The van der Waals surface area contributed by atoms with Gasteiger partial charge in [-0.05, 0) is 43.5 Å². The highest BCUT2D eigenvalue weighted by Gasteiger charge is 2.56. The maximum absolute atomic E-state index is 12.1. The smallest absolute Gasteiger partial charge is 0.334 e. The largest absolute Gasteiger partial charge is 0.504 e. The number of carbonyl (C=O) groups is 2. The molecule has 1 saturated carbocycles. The zero-order chi connectivity index (χ0) is 27.8. The molecule has 0 spiro atoms. The fourth-order valence-electron chi connectivity index (χ4n) is 5.02. The first kappa shape index (κ1) is 27.8. The van der Waals surface area contributed by atoms with Gasteiger partial charge in [-0.25, -0.2) is 9.59 Å². The van der Waals surface area contributed by atoms with Crippen LogP contribution in [0, 0.1) is 11.8 Å². The summed E-state index contributed by atoms with van der Waals surface area (Å²) in [6.45, 7) is 0.987. The Morgan fingerprint density at radius 3 is 2.53 bits per heavy atom. The van der Waals surface area contributed by atoms with Crippen LogP contribution in [0.1, 0.15) is 25.3 Å². The topological polar surface area (TPSA) is 213 Å². The number of carbonyl (C=O) groups excluding carboxylic acids is 1. The van der Waals surface area contributed by atoms with Crippen LogP contribution in [0.25, 0.3) is 6.08 Å². The summed E-state index contributed by atoms with van der Waals surface area (Å²) in [6, 6.07) is 3.91. The third-order valence-corrected chi connectivity index (χ3v) is 7.12. The second kappa shape index (κ2) is 10.9. The molecule has 9 atom stereocenters. The number of aromatic hydroxyl groups is 2. The van der Waals surface area contributed by atoms with E-state index in [1.165, 1.54) is 31.2 Å². The first-order valence-corrected chi connectivity index (χ1v) is 11.9. The summed E-state index contributed by atoms with van der Waals surface area (Å²) in [5.41, 5.74) is -0.974.